The summed E-state index contributed by atoms with van der Waals surface area (Å²) in [5, 5.41) is 22.2. The zero-order valence-corrected chi connectivity index (χ0v) is 16.5. The van der Waals surface area contributed by atoms with Gasteiger partial charge in [-0.1, -0.05) is 37.8 Å². The van der Waals surface area contributed by atoms with Crippen LogP contribution in [0.15, 0.2) is 17.1 Å². The number of hydrogen-bond acceptors (Lipinski definition) is 5. The average molecular weight is 409 g/mol. The standard InChI is InChI=1S/C20H25ClN2O5/c1-2-14-16(19(26)28-10-11-6-4-3-5-7-11)17(23-20(27)22-14)12-8-13(21)18(25)15(24)9-12/h8-9,11,16-17,24-25H,2-7,10H2,1H3,(H,23,27). The van der Waals surface area contributed by atoms with E-state index in [4.69, 9.17) is 16.3 Å². The first-order valence-corrected chi connectivity index (χ1v) is 10.0. The van der Waals surface area contributed by atoms with Gasteiger partial charge < -0.3 is 20.3 Å². The SMILES string of the molecule is CCC1=NC(=O)NC(c2cc(O)c(O)c(Cl)c2)C1C(=O)OCC1CCCCC1. The van der Waals surface area contributed by atoms with Crippen molar-refractivity contribution in [2.24, 2.45) is 16.8 Å². The van der Waals surface area contributed by atoms with Gasteiger partial charge in [0.1, 0.15) is 5.92 Å². The summed E-state index contributed by atoms with van der Waals surface area (Å²) >= 11 is 5.97. The number of nitrogens with one attached hydrogen (secondary N) is 1. The largest absolute Gasteiger partial charge is 0.504 e. The number of phenols is 2. The van der Waals surface area contributed by atoms with E-state index in [1.54, 1.807) is 0 Å². The summed E-state index contributed by atoms with van der Waals surface area (Å²) in [7, 11) is 0. The number of aromatic hydroxyl groups is 2. The first-order valence-electron chi connectivity index (χ1n) is 9.66. The Bertz CT molecular complexity index is 766. The predicted octanol–water partition coefficient (Wildman–Crippen LogP) is 4.11. The molecule has 1 saturated carbocycles. The third-order valence-corrected chi connectivity index (χ3v) is 5.73. The Morgan fingerprint density at radius 2 is 2.00 bits per heavy atom. The number of urea groups is 1. The van der Waals surface area contributed by atoms with E-state index in [1.807, 2.05) is 6.92 Å². The van der Waals surface area contributed by atoms with Crippen LogP contribution in [0.3, 0.4) is 0 Å². The molecule has 152 valence electrons. The molecular weight excluding hydrogens is 384 g/mol. The van der Waals surface area contributed by atoms with Crippen molar-refractivity contribution >= 4 is 29.3 Å². The Balaban J connectivity index is 1.85. The lowest BCUT2D eigenvalue weighted by atomic mass is 9.86. The van der Waals surface area contributed by atoms with Gasteiger partial charge in [-0.05, 0) is 42.9 Å². The number of benzene rings is 1. The Kier molecular flexibility index (Phi) is 6.44. The Hall–Kier alpha value is -2.28. The van der Waals surface area contributed by atoms with Crippen LogP contribution in [0, 0.1) is 11.8 Å². The maximum atomic E-state index is 12.9. The molecule has 0 saturated heterocycles. The summed E-state index contributed by atoms with van der Waals surface area (Å²) in [6, 6.07) is 1.35. The minimum absolute atomic E-state index is 0.0702. The second-order valence-corrected chi connectivity index (χ2v) is 7.77. The normalized spacial score (nSPS) is 23.1. The highest BCUT2D eigenvalue weighted by Gasteiger charge is 2.40. The maximum absolute atomic E-state index is 12.9. The average Bonchev–Trinajstić information content (AvgIpc) is 2.69. The van der Waals surface area contributed by atoms with Crippen LogP contribution in [0.2, 0.25) is 5.02 Å². The number of hydrogen-bond donors (Lipinski definition) is 3. The van der Waals surface area contributed by atoms with Crippen LogP contribution < -0.4 is 5.32 Å². The second kappa shape index (κ2) is 8.82. The molecule has 1 aliphatic carbocycles. The fourth-order valence-electron chi connectivity index (χ4n) is 3.92. The summed E-state index contributed by atoms with van der Waals surface area (Å²) in [6.45, 7) is 2.17. The molecule has 2 unspecified atom stereocenters. The molecule has 0 radical (unpaired) electrons. The number of rotatable bonds is 5. The van der Waals surface area contributed by atoms with Crippen LogP contribution in [-0.4, -0.2) is 34.5 Å². The monoisotopic (exact) mass is 408 g/mol. The molecule has 2 amide bonds. The molecule has 0 spiro atoms. The van der Waals surface area contributed by atoms with E-state index in [2.05, 4.69) is 10.3 Å². The van der Waals surface area contributed by atoms with Gasteiger partial charge >= 0.3 is 12.0 Å². The van der Waals surface area contributed by atoms with Crippen LogP contribution in [0.4, 0.5) is 4.79 Å². The van der Waals surface area contributed by atoms with Gasteiger partial charge in [0, 0.05) is 5.71 Å². The van der Waals surface area contributed by atoms with Crippen LogP contribution in [0.1, 0.15) is 57.1 Å². The van der Waals surface area contributed by atoms with Gasteiger partial charge in [0.15, 0.2) is 11.5 Å². The fourth-order valence-corrected chi connectivity index (χ4v) is 4.14. The van der Waals surface area contributed by atoms with Gasteiger partial charge in [0.05, 0.1) is 17.7 Å². The number of ether oxygens (including phenoxy) is 1. The van der Waals surface area contributed by atoms with Crippen molar-refractivity contribution in [3.05, 3.63) is 22.7 Å². The van der Waals surface area contributed by atoms with E-state index in [1.165, 1.54) is 18.6 Å². The minimum Gasteiger partial charge on any atom is -0.504 e. The minimum atomic E-state index is -0.814. The summed E-state index contributed by atoms with van der Waals surface area (Å²) in [4.78, 5) is 28.9. The quantitative estimate of drug-likeness (QED) is 0.502. The van der Waals surface area contributed by atoms with Crippen molar-refractivity contribution < 1.29 is 24.5 Å². The molecule has 2 atom stereocenters. The molecule has 2 aliphatic rings. The number of phenolic OH excluding ortho intramolecular Hbond substituents is 2. The molecule has 1 aliphatic heterocycles. The lowest BCUT2D eigenvalue weighted by Gasteiger charge is -2.31. The summed E-state index contributed by atoms with van der Waals surface area (Å²) in [5.74, 6) is -1.78. The Labute approximate surface area is 168 Å². The zero-order chi connectivity index (χ0) is 20.3. The van der Waals surface area contributed by atoms with Gasteiger partial charge in [0.2, 0.25) is 0 Å². The summed E-state index contributed by atoms with van der Waals surface area (Å²) in [5.41, 5.74) is 0.820. The molecule has 3 N–H and O–H groups in total. The Morgan fingerprint density at radius 1 is 1.29 bits per heavy atom. The highest BCUT2D eigenvalue weighted by Crippen LogP contribution is 2.39. The van der Waals surface area contributed by atoms with Gasteiger partial charge in [-0.15, -0.1) is 0 Å². The third-order valence-electron chi connectivity index (χ3n) is 5.44. The molecule has 0 bridgehead atoms. The van der Waals surface area contributed by atoms with E-state index in [-0.39, 0.29) is 5.02 Å². The second-order valence-electron chi connectivity index (χ2n) is 7.37. The van der Waals surface area contributed by atoms with Gasteiger partial charge in [-0.3, -0.25) is 4.79 Å². The topological polar surface area (TPSA) is 108 Å². The fraction of sp³-hybridized carbons (Fsp3) is 0.550. The van der Waals surface area contributed by atoms with Crippen LogP contribution in [-0.2, 0) is 9.53 Å². The van der Waals surface area contributed by atoms with Crippen LogP contribution in [0.25, 0.3) is 0 Å². The predicted molar refractivity (Wildman–Crippen MR) is 105 cm³/mol. The third kappa shape index (κ3) is 4.41. The summed E-state index contributed by atoms with van der Waals surface area (Å²) < 4.78 is 5.61. The lowest BCUT2D eigenvalue weighted by Crippen LogP contribution is -2.45. The van der Waals surface area contributed by atoms with Crippen molar-refractivity contribution in [3.8, 4) is 11.5 Å². The van der Waals surface area contributed by atoms with Gasteiger partial charge in [-0.25, -0.2) is 9.79 Å². The van der Waals surface area contributed by atoms with E-state index in [9.17, 15) is 19.8 Å². The van der Waals surface area contributed by atoms with Crippen LogP contribution >= 0.6 is 11.6 Å². The van der Waals surface area contributed by atoms with Crippen molar-refractivity contribution in [2.75, 3.05) is 6.61 Å². The highest BCUT2D eigenvalue weighted by atomic mass is 35.5. The number of nitrogens with zero attached hydrogens (tertiary/aromatic N) is 1. The molecule has 28 heavy (non-hydrogen) atoms. The summed E-state index contributed by atoms with van der Waals surface area (Å²) in [6.07, 6.45) is 6.03. The Morgan fingerprint density at radius 3 is 2.64 bits per heavy atom. The number of amides is 2. The number of carbonyl (C=O) groups is 2. The van der Waals surface area contributed by atoms with E-state index < -0.39 is 35.5 Å². The number of aliphatic imine (C=N–C) groups is 1. The van der Waals surface area contributed by atoms with E-state index >= 15 is 0 Å². The first-order chi connectivity index (χ1) is 13.4. The molecule has 1 heterocycles. The number of esters is 1. The molecule has 1 aromatic rings. The van der Waals surface area contributed by atoms with Crippen molar-refractivity contribution in [2.45, 2.75) is 51.5 Å². The van der Waals surface area contributed by atoms with Crippen molar-refractivity contribution in [1.82, 2.24) is 5.32 Å². The smallest absolute Gasteiger partial charge is 0.341 e. The van der Waals surface area contributed by atoms with Crippen LogP contribution in [0.5, 0.6) is 11.5 Å². The van der Waals surface area contributed by atoms with E-state index in [0.29, 0.717) is 30.2 Å². The zero-order valence-electron chi connectivity index (χ0n) is 15.8. The van der Waals surface area contributed by atoms with E-state index in [0.717, 1.165) is 25.7 Å². The van der Waals surface area contributed by atoms with Crippen molar-refractivity contribution in [1.29, 1.82) is 0 Å². The molecule has 1 aromatic carbocycles. The molecular formula is C20H25ClN2O5. The molecule has 8 heteroatoms. The highest BCUT2D eigenvalue weighted by molar-refractivity contribution is 6.32. The molecule has 7 nitrogen and oxygen atoms in total. The molecule has 3 rings (SSSR count). The number of carbonyl (C=O) groups excluding carboxylic acids is 2. The lowest BCUT2D eigenvalue weighted by molar-refractivity contribution is -0.148. The first kappa shape index (κ1) is 20.5. The number of halogens is 1. The molecule has 0 aromatic heterocycles. The van der Waals surface area contributed by atoms with Gasteiger partial charge in [0.25, 0.3) is 0 Å². The van der Waals surface area contributed by atoms with Gasteiger partial charge in [-0.2, -0.15) is 0 Å². The van der Waals surface area contributed by atoms with Crippen molar-refractivity contribution in [3.63, 3.8) is 0 Å². The molecule has 1 fully saturated rings. The maximum Gasteiger partial charge on any atom is 0.341 e.